The molecule has 0 saturated heterocycles. The van der Waals surface area contributed by atoms with Crippen LogP contribution in [0.2, 0.25) is 0 Å². The molecule has 0 radical (unpaired) electrons. The smallest absolute Gasteiger partial charge is 0.361 e. The lowest BCUT2D eigenvalue weighted by molar-refractivity contribution is -0.140. The molecule has 0 aliphatic carbocycles. The molecule has 0 atom stereocenters. The van der Waals surface area contributed by atoms with E-state index in [1.54, 1.807) is 0 Å². The summed E-state index contributed by atoms with van der Waals surface area (Å²) in [6.07, 6.45) is -1.06. The van der Waals surface area contributed by atoms with Crippen molar-refractivity contribution in [2.75, 3.05) is 0 Å². The Morgan fingerprint density at radius 2 is 1.23 bits per heavy atom. The molecule has 2 heterocycles. The average molecular weight is 408 g/mol. The summed E-state index contributed by atoms with van der Waals surface area (Å²) in [7, 11) is 0. The van der Waals surface area contributed by atoms with Gasteiger partial charge >= 0.3 is 6.18 Å². The summed E-state index contributed by atoms with van der Waals surface area (Å²) in [5.41, 5.74) is 2.75. The van der Waals surface area contributed by atoms with Crippen LogP contribution in [0.25, 0.3) is 21.8 Å². The third-order valence-electron chi connectivity index (χ3n) is 5.50. The first-order valence-corrected chi connectivity index (χ1v) is 9.42. The second-order valence-electron chi connectivity index (χ2n) is 7.25. The molecule has 0 amide bonds. The summed E-state index contributed by atoms with van der Waals surface area (Å²) < 4.78 is 53.8. The highest BCUT2D eigenvalue weighted by atomic mass is 19.4. The van der Waals surface area contributed by atoms with Crippen molar-refractivity contribution in [3.05, 3.63) is 107 Å². The van der Waals surface area contributed by atoms with Crippen LogP contribution in [0.1, 0.15) is 28.2 Å². The van der Waals surface area contributed by atoms with E-state index in [-0.39, 0.29) is 0 Å². The largest absolute Gasteiger partial charge is 0.419 e. The molecule has 6 heteroatoms. The van der Waals surface area contributed by atoms with Crippen molar-refractivity contribution < 1.29 is 17.6 Å². The predicted octanol–water partition coefficient (Wildman–Crippen LogP) is 6.99. The van der Waals surface area contributed by atoms with Crippen LogP contribution in [0.3, 0.4) is 0 Å². The molecule has 0 fully saturated rings. The van der Waals surface area contributed by atoms with Gasteiger partial charge in [-0.3, -0.25) is 0 Å². The van der Waals surface area contributed by atoms with E-state index in [9.17, 15) is 17.6 Å². The molecule has 5 aromatic rings. The predicted molar refractivity (Wildman–Crippen MR) is 109 cm³/mol. The fourth-order valence-electron chi connectivity index (χ4n) is 4.13. The Kier molecular flexibility index (Phi) is 4.17. The SMILES string of the molecule is Fc1cc(C(c2c[nH]c3ccccc23)c2c[nH]c3ccccc23)ccc1C(F)(F)F. The molecule has 0 aliphatic rings. The zero-order valence-electron chi connectivity index (χ0n) is 15.6. The van der Waals surface area contributed by atoms with Gasteiger partial charge in [-0.15, -0.1) is 0 Å². The molecule has 0 aliphatic heterocycles. The van der Waals surface area contributed by atoms with Gasteiger partial charge in [0.05, 0.1) is 5.56 Å². The Labute approximate surface area is 169 Å². The van der Waals surface area contributed by atoms with Crippen molar-refractivity contribution in [2.24, 2.45) is 0 Å². The van der Waals surface area contributed by atoms with E-state index < -0.39 is 23.5 Å². The summed E-state index contributed by atoms with van der Waals surface area (Å²) in [4.78, 5) is 6.43. The minimum absolute atomic E-state index is 0.450. The van der Waals surface area contributed by atoms with Gasteiger partial charge in [-0.2, -0.15) is 13.2 Å². The molecule has 30 heavy (non-hydrogen) atoms. The first-order chi connectivity index (χ1) is 14.4. The van der Waals surface area contributed by atoms with Gasteiger partial charge in [0.15, 0.2) is 0 Å². The van der Waals surface area contributed by atoms with Gasteiger partial charge in [-0.25, -0.2) is 4.39 Å². The second-order valence-corrected chi connectivity index (χ2v) is 7.25. The summed E-state index contributed by atoms with van der Waals surface area (Å²) in [5.74, 6) is -1.72. The van der Waals surface area contributed by atoms with Crippen LogP contribution in [0.5, 0.6) is 0 Å². The number of H-pyrrole nitrogens is 2. The number of alkyl halides is 3. The molecule has 0 unspecified atom stereocenters. The van der Waals surface area contributed by atoms with E-state index in [0.717, 1.165) is 45.1 Å². The molecule has 2 aromatic heterocycles. The van der Waals surface area contributed by atoms with Crippen molar-refractivity contribution in [1.29, 1.82) is 0 Å². The van der Waals surface area contributed by atoms with Gasteiger partial charge in [-0.05, 0) is 41.0 Å². The summed E-state index contributed by atoms with van der Waals surface area (Å²) in [5, 5.41) is 1.88. The number of benzene rings is 3. The monoisotopic (exact) mass is 408 g/mol. The molecule has 0 spiro atoms. The third kappa shape index (κ3) is 2.96. The molecule has 5 rings (SSSR count). The fraction of sp³-hybridized carbons (Fsp3) is 0.0833. The topological polar surface area (TPSA) is 31.6 Å². The molecular formula is C24H16F4N2. The summed E-state index contributed by atoms with van der Waals surface area (Å²) >= 11 is 0. The molecular weight excluding hydrogens is 392 g/mol. The lowest BCUT2D eigenvalue weighted by Gasteiger charge is -2.19. The summed E-state index contributed by atoms with van der Waals surface area (Å²) in [6.45, 7) is 0. The van der Waals surface area contributed by atoms with Crippen LogP contribution in [0.15, 0.2) is 79.1 Å². The number of para-hydroxylation sites is 2. The fourth-order valence-corrected chi connectivity index (χ4v) is 4.13. The average Bonchev–Trinajstić information content (AvgIpc) is 3.33. The molecule has 2 nitrogen and oxygen atoms in total. The number of aromatic nitrogens is 2. The first-order valence-electron chi connectivity index (χ1n) is 9.42. The van der Waals surface area contributed by atoms with E-state index in [0.29, 0.717) is 5.56 Å². The van der Waals surface area contributed by atoms with Crippen molar-refractivity contribution in [2.45, 2.75) is 12.1 Å². The zero-order chi connectivity index (χ0) is 20.9. The van der Waals surface area contributed by atoms with Crippen LogP contribution < -0.4 is 0 Å². The first kappa shape index (κ1) is 18.5. The van der Waals surface area contributed by atoms with Gasteiger partial charge in [0.2, 0.25) is 0 Å². The highest BCUT2D eigenvalue weighted by molar-refractivity contribution is 5.89. The summed E-state index contributed by atoms with van der Waals surface area (Å²) in [6, 6.07) is 18.5. The van der Waals surface area contributed by atoms with Gasteiger partial charge in [0.1, 0.15) is 5.82 Å². The van der Waals surface area contributed by atoms with Gasteiger partial charge < -0.3 is 9.97 Å². The Bertz CT molecular complexity index is 1290. The number of aromatic amines is 2. The van der Waals surface area contributed by atoms with E-state index in [4.69, 9.17) is 0 Å². The maximum atomic E-state index is 14.5. The Morgan fingerprint density at radius 3 is 1.73 bits per heavy atom. The lowest BCUT2D eigenvalue weighted by Crippen LogP contribution is -2.10. The zero-order valence-corrected chi connectivity index (χ0v) is 15.6. The van der Waals surface area contributed by atoms with Gasteiger partial charge in [0.25, 0.3) is 0 Å². The second kappa shape index (κ2) is 6.76. The van der Waals surface area contributed by atoms with E-state index in [1.807, 2.05) is 60.9 Å². The standard InChI is InChI=1S/C24H16F4N2/c25-20-11-14(9-10-19(20)24(26,27)28)23(17-12-29-21-7-3-1-5-15(17)21)18-13-30-22-8-4-2-6-16(18)22/h1-13,23,29-30H. The van der Waals surface area contributed by atoms with Crippen molar-refractivity contribution in [3.63, 3.8) is 0 Å². The number of hydrogen-bond acceptors (Lipinski definition) is 0. The normalized spacial score (nSPS) is 12.3. The maximum Gasteiger partial charge on any atom is 0.419 e. The number of hydrogen-bond donors (Lipinski definition) is 2. The Morgan fingerprint density at radius 1 is 0.700 bits per heavy atom. The maximum absolute atomic E-state index is 14.5. The van der Waals surface area contributed by atoms with Gasteiger partial charge in [-0.1, -0.05) is 42.5 Å². The van der Waals surface area contributed by atoms with Crippen LogP contribution >= 0.6 is 0 Å². The van der Waals surface area contributed by atoms with Crippen molar-refractivity contribution in [3.8, 4) is 0 Å². The van der Waals surface area contributed by atoms with Crippen molar-refractivity contribution >= 4 is 21.8 Å². The van der Waals surface area contributed by atoms with Crippen molar-refractivity contribution in [1.82, 2.24) is 9.97 Å². The van der Waals surface area contributed by atoms with E-state index >= 15 is 0 Å². The third-order valence-corrected chi connectivity index (χ3v) is 5.50. The molecule has 2 N–H and O–H groups in total. The number of fused-ring (bicyclic) bond motifs is 2. The Hall–Kier alpha value is -3.54. The molecule has 0 saturated carbocycles. The number of rotatable bonds is 3. The van der Waals surface area contributed by atoms with Crippen LogP contribution in [-0.4, -0.2) is 9.97 Å². The van der Waals surface area contributed by atoms with Crippen LogP contribution in [0.4, 0.5) is 17.6 Å². The minimum atomic E-state index is -4.74. The molecule has 150 valence electrons. The van der Waals surface area contributed by atoms with Crippen LogP contribution in [-0.2, 0) is 6.18 Å². The highest BCUT2D eigenvalue weighted by Gasteiger charge is 2.35. The van der Waals surface area contributed by atoms with E-state index in [2.05, 4.69) is 9.97 Å². The number of nitrogens with one attached hydrogen (secondary N) is 2. The number of halogens is 4. The van der Waals surface area contributed by atoms with Gasteiger partial charge in [0, 0.05) is 40.1 Å². The molecule has 3 aromatic carbocycles. The highest BCUT2D eigenvalue weighted by Crippen LogP contribution is 2.41. The van der Waals surface area contributed by atoms with E-state index in [1.165, 1.54) is 6.07 Å². The lowest BCUT2D eigenvalue weighted by atomic mass is 9.84. The molecule has 0 bridgehead atoms. The van der Waals surface area contributed by atoms with Crippen LogP contribution in [0, 0.1) is 5.82 Å². The Balaban J connectivity index is 1.77. The quantitative estimate of drug-likeness (QED) is 0.302. The minimum Gasteiger partial charge on any atom is -0.361 e.